The van der Waals surface area contributed by atoms with Gasteiger partial charge in [-0.3, -0.25) is 9.59 Å². The Morgan fingerprint density at radius 1 is 1.14 bits per heavy atom. The number of urea groups is 1. The van der Waals surface area contributed by atoms with E-state index >= 15 is 0 Å². The number of carbonyl (C=O) groups is 3. The number of para-hydroxylation sites is 1. The standard InChI is InChI=1S/C21H21N3O5/c1-3-29-16-10-8-15(9-11-16)22-19(25)13-24-20(26)17(23-21(24)27)12-14-6-4-5-7-18(14)28-2/h4-12H,3,13H2,1-2H3,(H,22,25)(H,23,27)/b17-12-. The van der Waals surface area contributed by atoms with Gasteiger partial charge in [-0.05, 0) is 43.3 Å². The molecule has 0 radical (unpaired) electrons. The molecule has 0 spiro atoms. The summed E-state index contributed by atoms with van der Waals surface area (Å²) in [5, 5.41) is 5.14. The Kier molecular flexibility index (Phi) is 6.13. The molecule has 1 fully saturated rings. The molecule has 0 atom stereocenters. The van der Waals surface area contributed by atoms with Crippen molar-refractivity contribution in [3.8, 4) is 11.5 Å². The second-order valence-electron chi connectivity index (χ2n) is 6.13. The van der Waals surface area contributed by atoms with E-state index in [2.05, 4.69) is 10.6 Å². The van der Waals surface area contributed by atoms with Crippen LogP contribution in [-0.2, 0) is 9.59 Å². The normalized spacial score (nSPS) is 14.7. The fourth-order valence-electron chi connectivity index (χ4n) is 2.80. The van der Waals surface area contributed by atoms with Crippen LogP contribution in [0.25, 0.3) is 6.08 Å². The minimum absolute atomic E-state index is 0.0772. The lowest BCUT2D eigenvalue weighted by Gasteiger charge is -2.12. The van der Waals surface area contributed by atoms with Gasteiger partial charge in [0, 0.05) is 11.3 Å². The van der Waals surface area contributed by atoms with Gasteiger partial charge < -0.3 is 20.1 Å². The summed E-state index contributed by atoms with van der Waals surface area (Å²) in [5.74, 6) is 0.179. The Morgan fingerprint density at radius 2 is 1.86 bits per heavy atom. The Balaban J connectivity index is 1.66. The van der Waals surface area contributed by atoms with E-state index in [9.17, 15) is 14.4 Å². The van der Waals surface area contributed by atoms with Gasteiger partial charge in [0.15, 0.2) is 0 Å². The van der Waals surface area contributed by atoms with Crippen LogP contribution < -0.4 is 20.1 Å². The molecule has 3 rings (SSSR count). The maximum atomic E-state index is 12.6. The lowest BCUT2D eigenvalue weighted by atomic mass is 10.1. The van der Waals surface area contributed by atoms with E-state index in [-0.39, 0.29) is 5.70 Å². The summed E-state index contributed by atoms with van der Waals surface area (Å²) in [6.45, 7) is 2.02. The third kappa shape index (κ3) is 4.73. The number of nitrogens with one attached hydrogen (secondary N) is 2. The Labute approximate surface area is 168 Å². The summed E-state index contributed by atoms with van der Waals surface area (Å²) in [4.78, 5) is 37.9. The molecule has 2 aromatic rings. The molecule has 4 amide bonds. The van der Waals surface area contributed by atoms with Gasteiger partial charge in [-0.1, -0.05) is 18.2 Å². The highest BCUT2D eigenvalue weighted by molar-refractivity contribution is 6.16. The largest absolute Gasteiger partial charge is 0.496 e. The van der Waals surface area contributed by atoms with Crippen molar-refractivity contribution < 1.29 is 23.9 Å². The maximum absolute atomic E-state index is 12.6. The van der Waals surface area contributed by atoms with Gasteiger partial charge in [0.05, 0.1) is 13.7 Å². The van der Waals surface area contributed by atoms with Crippen LogP contribution >= 0.6 is 0 Å². The molecule has 2 N–H and O–H groups in total. The van der Waals surface area contributed by atoms with E-state index in [0.717, 1.165) is 4.90 Å². The third-order valence-corrected chi connectivity index (χ3v) is 4.15. The zero-order chi connectivity index (χ0) is 20.8. The fraction of sp³-hybridized carbons (Fsp3) is 0.190. The van der Waals surface area contributed by atoms with E-state index in [1.165, 1.54) is 13.2 Å². The first-order valence-corrected chi connectivity index (χ1v) is 9.02. The molecule has 0 aliphatic carbocycles. The quantitative estimate of drug-likeness (QED) is 0.555. The maximum Gasteiger partial charge on any atom is 0.329 e. The summed E-state index contributed by atoms with van der Waals surface area (Å²) in [5.41, 5.74) is 1.25. The molecule has 0 unspecified atom stereocenters. The Morgan fingerprint density at radius 3 is 2.55 bits per heavy atom. The first-order chi connectivity index (χ1) is 14.0. The van der Waals surface area contributed by atoms with Crippen molar-refractivity contribution in [2.75, 3.05) is 25.6 Å². The summed E-state index contributed by atoms with van der Waals surface area (Å²) in [6.07, 6.45) is 1.52. The molecule has 2 aromatic carbocycles. The molecule has 1 aliphatic heterocycles. The van der Waals surface area contributed by atoms with Crippen LogP contribution in [0.4, 0.5) is 10.5 Å². The number of imide groups is 1. The third-order valence-electron chi connectivity index (χ3n) is 4.15. The van der Waals surface area contributed by atoms with E-state index < -0.39 is 24.4 Å². The van der Waals surface area contributed by atoms with Crippen LogP contribution in [0.1, 0.15) is 12.5 Å². The molecule has 1 heterocycles. The molecule has 1 saturated heterocycles. The van der Waals surface area contributed by atoms with Crippen LogP contribution in [0.5, 0.6) is 11.5 Å². The van der Waals surface area contributed by atoms with Crippen molar-refractivity contribution in [1.82, 2.24) is 10.2 Å². The molecule has 29 heavy (non-hydrogen) atoms. The first-order valence-electron chi connectivity index (χ1n) is 9.02. The minimum Gasteiger partial charge on any atom is -0.496 e. The lowest BCUT2D eigenvalue weighted by Crippen LogP contribution is -2.38. The van der Waals surface area contributed by atoms with Crippen molar-refractivity contribution in [2.24, 2.45) is 0 Å². The summed E-state index contributed by atoms with van der Waals surface area (Å²) in [6, 6.07) is 13.2. The lowest BCUT2D eigenvalue weighted by molar-refractivity contribution is -0.127. The minimum atomic E-state index is -0.655. The first kappa shape index (κ1) is 19.9. The molecule has 1 aliphatic rings. The molecule has 8 nitrogen and oxygen atoms in total. The highest BCUT2D eigenvalue weighted by atomic mass is 16.5. The number of ether oxygens (including phenoxy) is 2. The number of carbonyl (C=O) groups excluding carboxylic acids is 3. The van der Waals surface area contributed by atoms with Gasteiger partial charge in [-0.25, -0.2) is 9.69 Å². The number of benzene rings is 2. The number of rotatable bonds is 7. The number of hydrogen-bond acceptors (Lipinski definition) is 5. The van der Waals surface area contributed by atoms with Crippen molar-refractivity contribution in [2.45, 2.75) is 6.92 Å². The molecule has 8 heteroatoms. The van der Waals surface area contributed by atoms with Crippen LogP contribution in [0.15, 0.2) is 54.2 Å². The van der Waals surface area contributed by atoms with Gasteiger partial charge in [0.1, 0.15) is 23.7 Å². The van der Waals surface area contributed by atoms with Crippen LogP contribution in [0.2, 0.25) is 0 Å². The van der Waals surface area contributed by atoms with Crippen LogP contribution in [0.3, 0.4) is 0 Å². The number of nitrogens with zero attached hydrogens (tertiary/aromatic N) is 1. The van der Waals surface area contributed by atoms with Crippen LogP contribution in [0, 0.1) is 0 Å². The molecular weight excluding hydrogens is 374 g/mol. The number of anilines is 1. The zero-order valence-corrected chi connectivity index (χ0v) is 16.1. The number of methoxy groups -OCH3 is 1. The Hall–Kier alpha value is -3.81. The van der Waals surface area contributed by atoms with Gasteiger partial charge in [-0.15, -0.1) is 0 Å². The average molecular weight is 395 g/mol. The smallest absolute Gasteiger partial charge is 0.329 e. The predicted octanol–water partition coefficient (Wildman–Crippen LogP) is 2.63. The zero-order valence-electron chi connectivity index (χ0n) is 16.1. The SMILES string of the molecule is CCOc1ccc(NC(=O)CN2C(=O)N/C(=C\c3ccccc3OC)C2=O)cc1. The van der Waals surface area contributed by atoms with Gasteiger partial charge >= 0.3 is 6.03 Å². The predicted molar refractivity (Wildman–Crippen MR) is 107 cm³/mol. The van der Waals surface area contributed by atoms with Crippen molar-refractivity contribution in [3.05, 3.63) is 59.8 Å². The topological polar surface area (TPSA) is 97.0 Å². The van der Waals surface area contributed by atoms with E-state index in [1.54, 1.807) is 48.5 Å². The van der Waals surface area contributed by atoms with E-state index in [4.69, 9.17) is 9.47 Å². The molecular formula is C21H21N3O5. The summed E-state index contributed by atoms with van der Waals surface area (Å²) < 4.78 is 10.6. The second-order valence-corrected chi connectivity index (χ2v) is 6.13. The van der Waals surface area contributed by atoms with Gasteiger partial charge in [0.2, 0.25) is 5.91 Å². The van der Waals surface area contributed by atoms with E-state index in [1.807, 2.05) is 6.92 Å². The molecule has 0 aromatic heterocycles. The van der Waals surface area contributed by atoms with E-state index in [0.29, 0.717) is 29.4 Å². The Bertz CT molecular complexity index is 953. The second kappa shape index (κ2) is 8.92. The van der Waals surface area contributed by atoms with Gasteiger partial charge in [-0.2, -0.15) is 0 Å². The van der Waals surface area contributed by atoms with Gasteiger partial charge in [0.25, 0.3) is 5.91 Å². The van der Waals surface area contributed by atoms with Crippen molar-refractivity contribution in [3.63, 3.8) is 0 Å². The van der Waals surface area contributed by atoms with Crippen molar-refractivity contribution in [1.29, 1.82) is 0 Å². The summed E-state index contributed by atoms with van der Waals surface area (Å²) in [7, 11) is 1.52. The highest BCUT2D eigenvalue weighted by Crippen LogP contribution is 2.22. The molecule has 0 saturated carbocycles. The van der Waals surface area contributed by atoms with Crippen LogP contribution in [-0.4, -0.2) is 43.0 Å². The monoisotopic (exact) mass is 395 g/mol. The van der Waals surface area contributed by atoms with Crippen molar-refractivity contribution >= 4 is 29.6 Å². The number of amides is 4. The molecule has 150 valence electrons. The highest BCUT2D eigenvalue weighted by Gasteiger charge is 2.35. The fourth-order valence-corrected chi connectivity index (χ4v) is 2.80. The number of hydrogen-bond donors (Lipinski definition) is 2. The summed E-state index contributed by atoms with van der Waals surface area (Å²) >= 11 is 0. The average Bonchev–Trinajstić information content (AvgIpc) is 2.97. The molecule has 0 bridgehead atoms.